The van der Waals surface area contributed by atoms with E-state index in [4.69, 9.17) is 9.47 Å². The van der Waals surface area contributed by atoms with Gasteiger partial charge in [0, 0.05) is 18.8 Å². The third kappa shape index (κ3) is 4.72. The van der Waals surface area contributed by atoms with Gasteiger partial charge in [0.1, 0.15) is 5.75 Å². The van der Waals surface area contributed by atoms with E-state index in [1.807, 2.05) is 12.1 Å². The van der Waals surface area contributed by atoms with Gasteiger partial charge in [-0.1, -0.05) is 6.07 Å². The molecule has 0 spiro atoms. The second kappa shape index (κ2) is 8.00. The minimum Gasteiger partial charge on any atom is -0.493 e. The topological polar surface area (TPSA) is 65.0 Å². The van der Waals surface area contributed by atoms with Gasteiger partial charge in [0.2, 0.25) is 0 Å². The van der Waals surface area contributed by atoms with Gasteiger partial charge in [-0.25, -0.2) is 0 Å². The van der Waals surface area contributed by atoms with E-state index in [9.17, 15) is 9.90 Å². The summed E-state index contributed by atoms with van der Waals surface area (Å²) < 4.78 is 15.8. The maximum atomic E-state index is 11.3. The van der Waals surface area contributed by atoms with Crippen LogP contribution in [-0.4, -0.2) is 38.0 Å². The van der Waals surface area contributed by atoms with Crippen molar-refractivity contribution < 1.29 is 24.1 Å². The zero-order valence-corrected chi connectivity index (χ0v) is 12.3. The van der Waals surface area contributed by atoms with Crippen LogP contribution in [0.5, 0.6) is 5.75 Å². The van der Waals surface area contributed by atoms with Crippen molar-refractivity contribution in [1.29, 1.82) is 0 Å². The molecule has 0 amide bonds. The van der Waals surface area contributed by atoms with Crippen molar-refractivity contribution in [3.05, 3.63) is 29.3 Å². The van der Waals surface area contributed by atoms with Crippen LogP contribution < -0.4 is 4.74 Å². The highest BCUT2D eigenvalue weighted by molar-refractivity contribution is 5.72. The number of ether oxygens (including phenoxy) is 3. The number of carbonyl (C=O) groups excluding carboxylic acids is 1. The summed E-state index contributed by atoms with van der Waals surface area (Å²) in [7, 11) is 1.36. The standard InChI is InChI=1S/C16H22O5/c1-19-16(18)9-13-2-3-15(14(8-13)10-17)21-11-12-4-6-20-7-5-12/h2-3,8,12,17H,4-7,9-11H2,1H3. The average molecular weight is 294 g/mol. The van der Waals surface area contributed by atoms with Crippen LogP contribution in [0.1, 0.15) is 24.0 Å². The van der Waals surface area contributed by atoms with Gasteiger partial charge >= 0.3 is 5.97 Å². The van der Waals surface area contributed by atoms with Crippen LogP contribution in [0.25, 0.3) is 0 Å². The molecule has 0 aromatic heterocycles. The number of hydrogen-bond donors (Lipinski definition) is 1. The van der Waals surface area contributed by atoms with E-state index in [2.05, 4.69) is 4.74 Å². The van der Waals surface area contributed by atoms with E-state index < -0.39 is 0 Å². The minimum atomic E-state index is -0.297. The molecular formula is C16H22O5. The van der Waals surface area contributed by atoms with Crippen molar-refractivity contribution in [2.24, 2.45) is 5.92 Å². The zero-order chi connectivity index (χ0) is 15.1. The second-order valence-corrected chi connectivity index (χ2v) is 5.22. The summed E-state index contributed by atoms with van der Waals surface area (Å²) in [5.41, 5.74) is 1.51. The Bertz CT molecular complexity index is 466. The first-order valence-corrected chi connectivity index (χ1v) is 7.23. The molecule has 1 aliphatic rings. The van der Waals surface area contributed by atoms with Crippen molar-refractivity contribution in [2.75, 3.05) is 26.9 Å². The Hall–Kier alpha value is -1.59. The van der Waals surface area contributed by atoms with Crippen LogP contribution >= 0.6 is 0 Å². The maximum Gasteiger partial charge on any atom is 0.309 e. The van der Waals surface area contributed by atoms with E-state index in [0.717, 1.165) is 31.6 Å². The van der Waals surface area contributed by atoms with Crippen LogP contribution in [0.4, 0.5) is 0 Å². The average Bonchev–Trinajstić information content (AvgIpc) is 2.54. The first kappa shape index (κ1) is 15.8. The number of esters is 1. The van der Waals surface area contributed by atoms with Crippen LogP contribution in [0.2, 0.25) is 0 Å². The predicted octanol–water partition coefficient (Wildman–Crippen LogP) is 1.70. The molecule has 0 saturated carbocycles. The molecule has 1 heterocycles. The molecule has 0 atom stereocenters. The van der Waals surface area contributed by atoms with Crippen LogP contribution in [0, 0.1) is 5.92 Å². The van der Waals surface area contributed by atoms with Gasteiger partial charge < -0.3 is 19.3 Å². The molecule has 5 heteroatoms. The van der Waals surface area contributed by atoms with E-state index in [1.54, 1.807) is 6.07 Å². The van der Waals surface area contributed by atoms with Crippen LogP contribution in [-0.2, 0) is 27.3 Å². The Kier molecular flexibility index (Phi) is 6.02. The molecule has 0 bridgehead atoms. The van der Waals surface area contributed by atoms with Crippen LogP contribution in [0.3, 0.4) is 0 Å². The summed E-state index contributed by atoms with van der Waals surface area (Å²) in [5, 5.41) is 9.45. The highest BCUT2D eigenvalue weighted by Crippen LogP contribution is 2.23. The van der Waals surface area contributed by atoms with Gasteiger partial charge in [-0.3, -0.25) is 4.79 Å². The highest BCUT2D eigenvalue weighted by atomic mass is 16.5. The number of carbonyl (C=O) groups is 1. The van der Waals surface area contributed by atoms with Gasteiger partial charge in [0.25, 0.3) is 0 Å². The first-order valence-electron chi connectivity index (χ1n) is 7.23. The molecule has 1 saturated heterocycles. The predicted molar refractivity (Wildman–Crippen MR) is 77.1 cm³/mol. The molecule has 5 nitrogen and oxygen atoms in total. The summed E-state index contributed by atoms with van der Waals surface area (Å²) in [6.07, 6.45) is 2.22. The Morgan fingerprint density at radius 2 is 2.14 bits per heavy atom. The molecule has 1 aromatic carbocycles. The quantitative estimate of drug-likeness (QED) is 0.809. The number of rotatable bonds is 6. The summed E-state index contributed by atoms with van der Waals surface area (Å²) in [5.74, 6) is 0.882. The van der Waals surface area contributed by atoms with Crippen molar-refractivity contribution in [3.63, 3.8) is 0 Å². The summed E-state index contributed by atoms with van der Waals surface area (Å²) >= 11 is 0. The Morgan fingerprint density at radius 1 is 1.38 bits per heavy atom. The molecule has 1 fully saturated rings. The fraction of sp³-hybridized carbons (Fsp3) is 0.562. The van der Waals surface area contributed by atoms with Gasteiger partial charge in [0.05, 0.1) is 26.7 Å². The molecular weight excluding hydrogens is 272 g/mol. The fourth-order valence-electron chi connectivity index (χ4n) is 2.37. The summed E-state index contributed by atoms with van der Waals surface area (Å²) in [6.45, 7) is 2.10. The number of hydrogen-bond acceptors (Lipinski definition) is 5. The van der Waals surface area contributed by atoms with Gasteiger partial charge in [-0.2, -0.15) is 0 Å². The molecule has 1 aliphatic heterocycles. The monoisotopic (exact) mass is 294 g/mol. The van der Waals surface area contributed by atoms with Crippen LogP contribution in [0.15, 0.2) is 18.2 Å². The lowest BCUT2D eigenvalue weighted by Gasteiger charge is -2.22. The molecule has 1 N–H and O–H groups in total. The van der Waals surface area contributed by atoms with Crippen molar-refractivity contribution in [1.82, 2.24) is 0 Å². The maximum absolute atomic E-state index is 11.3. The second-order valence-electron chi connectivity index (χ2n) is 5.22. The van der Waals surface area contributed by atoms with E-state index in [0.29, 0.717) is 23.8 Å². The number of benzene rings is 1. The third-order valence-electron chi connectivity index (χ3n) is 3.69. The fourth-order valence-corrected chi connectivity index (χ4v) is 2.37. The van der Waals surface area contributed by atoms with E-state index in [1.165, 1.54) is 7.11 Å². The lowest BCUT2D eigenvalue weighted by molar-refractivity contribution is -0.139. The molecule has 0 unspecified atom stereocenters. The lowest BCUT2D eigenvalue weighted by atomic mass is 10.0. The summed E-state index contributed by atoms with van der Waals surface area (Å²) in [6, 6.07) is 5.43. The SMILES string of the molecule is COC(=O)Cc1ccc(OCC2CCOCC2)c(CO)c1. The highest BCUT2D eigenvalue weighted by Gasteiger charge is 2.15. The summed E-state index contributed by atoms with van der Waals surface area (Å²) in [4.78, 5) is 11.3. The largest absolute Gasteiger partial charge is 0.493 e. The zero-order valence-electron chi connectivity index (χ0n) is 12.3. The Balaban J connectivity index is 1.96. The number of aliphatic hydroxyl groups is 1. The third-order valence-corrected chi connectivity index (χ3v) is 3.69. The smallest absolute Gasteiger partial charge is 0.309 e. The Morgan fingerprint density at radius 3 is 2.81 bits per heavy atom. The van der Waals surface area contributed by atoms with Crippen molar-refractivity contribution in [2.45, 2.75) is 25.9 Å². The number of aliphatic hydroxyl groups excluding tert-OH is 1. The lowest BCUT2D eigenvalue weighted by Crippen LogP contribution is -2.21. The number of methoxy groups -OCH3 is 1. The molecule has 21 heavy (non-hydrogen) atoms. The molecule has 1 aromatic rings. The molecule has 2 rings (SSSR count). The van der Waals surface area contributed by atoms with Crippen molar-refractivity contribution >= 4 is 5.97 Å². The first-order chi connectivity index (χ1) is 10.2. The van der Waals surface area contributed by atoms with Gasteiger partial charge in [-0.15, -0.1) is 0 Å². The Labute approximate surface area is 124 Å². The molecule has 0 aliphatic carbocycles. The minimum absolute atomic E-state index is 0.113. The van der Waals surface area contributed by atoms with E-state index in [-0.39, 0.29) is 19.0 Å². The van der Waals surface area contributed by atoms with Gasteiger partial charge in [-0.05, 0) is 36.5 Å². The van der Waals surface area contributed by atoms with Gasteiger partial charge in [0.15, 0.2) is 0 Å². The molecule has 116 valence electrons. The van der Waals surface area contributed by atoms with Crippen molar-refractivity contribution in [3.8, 4) is 5.75 Å². The molecule has 0 radical (unpaired) electrons. The van der Waals surface area contributed by atoms with E-state index >= 15 is 0 Å². The normalized spacial score (nSPS) is 15.7.